The third kappa shape index (κ3) is 6.03. The van der Waals surface area contributed by atoms with Gasteiger partial charge in [-0.05, 0) is 43.2 Å². The number of hydrogen-bond donors (Lipinski definition) is 2. The van der Waals surface area contributed by atoms with Crippen LogP contribution in [0.5, 0.6) is 5.75 Å². The molecule has 0 radical (unpaired) electrons. The van der Waals surface area contributed by atoms with Gasteiger partial charge in [-0.15, -0.1) is 0 Å². The molecule has 7 heteroatoms. The van der Waals surface area contributed by atoms with Crippen LogP contribution in [0, 0.1) is 5.92 Å². The lowest BCUT2D eigenvalue weighted by Crippen LogP contribution is -2.23. The molecule has 1 amide bonds. The summed E-state index contributed by atoms with van der Waals surface area (Å²) in [5.41, 5.74) is 0.596. The molecule has 1 rings (SSSR count). The molecule has 23 heavy (non-hydrogen) atoms. The summed E-state index contributed by atoms with van der Waals surface area (Å²) in [5.74, 6) is 0.563. The quantitative estimate of drug-likeness (QED) is 0.707. The van der Waals surface area contributed by atoms with Gasteiger partial charge in [0.1, 0.15) is 10.6 Å². The molecule has 0 aromatic heterocycles. The third-order valence-electron chi connectivity index (χ3n) is 3.19. The van der Waals surface area contributed by atoms with E-state index in [2.05, 4.69) is 23.9 Å². The van der Waals surface area contributed by atoms with Crippen LogP contribution in [0.25, 0.3) is 6.08 Å². The highest BCUT2D eigenvalue weighted by atomic mass is 32.2. The summed E-state index contributed by atoms with van der Waals surface area (Å²) in [5, 5.41) is 2.78. The van der Waals surface area contributed by atoms with E-state index in [0.717, 1.165) is 6.42 Å². The molecular weight excluding hydrogens is 316 g/mol. The van der Waals surface area contributed by atoms with Crippen molar-refractivity contribution in [3.63, 3.8) is 0 Å². The van der Waals surface area contributed by atoms with Crippen molar-refractivity contribution >= 4 is 22.0 Å². The average Bonchev–Trinajstić information content (AvgIpc) is 2.52. The number of ether oxygens (including phenoxy) is 1. The third-order valence-corrected chi connectivity index (χ3v) is 4.63. The van der Waals surface area contributed by atoms with E-state index in [9.17, 15) is 13.2 Å². The molecule has 0 aliphatic heterocycles. The van der Waals surface area contributed by atoms with Crippen LogP contribution < -0.4 is 14.8 Å². The molecule has 6 nitrogen and oxygen atoms in total. The number of nitrogens with one attached hydrogen (secondary N) is 2. The minimum Gasteiger partial charge on any atom is -0.495 e. The number of benzene rings is 1. The number of methoxy groups -OCH3 is 1. The number of rotatable bonds is 8. The van der Waals surface area contributed by atoms with E-state index in [1.54, 1.807) is 18.2 Å². The van der Waals surface area contributed by atoms with Crippen LogP contribution in [-0.2, 0) is 14.8 Å². The lowest BCUT2D eigenvalue weighted by atomic mass is 10.1. The Morgan fingerprint density at radius 3 is 2.61 bits per heavy atom. The van der Waals surface area contributed by atoms with Crippen molar-refractivity contribution in [2.75, 3.05) is 20.7 Å². The molecule has 0 unspecified atom stereocenters. The van der Waals surface area contributed by atoms with E-state index in [4.69, 9.17) is 4.74 Å². The second-order valence-electron chi connectivity index (χ2n) is 5.42. The minimum absolute atomic E-state index is 0.0323. The van der Waals surface area contributed by atoms with Crippen LogP contribution in [0.15, 0.2) is 29.2 Å². The number of amides is 1. The summed E-state index contributed by atoms with van der Waals surface area (Å²) in [6.07, 6.45) is 3.86. The Bertz CT molecular complexity index is 667. The molecule has 0 spiro atoms. The Balaban J connectivity index is 2.88. The van der Waals surface area contributed by atoms with Gasteiger partial charge < -0.3 is 10.1 Å². The molecule has 128 valence electrons. The highest BCUT2D eigenvalue weighted by molar-refractivity contribution is 7.89. The summed E-state index contributed by atoms with van der Waals surface area (Å²) in [7, 11) is -0.898. The fourth-order valence-corrected chi connectivity index (χ4v) is 2.76. The van der Waals surface area contributed by atoms with Crippen molar-refractivity contribution < 1.29 is 17.9 Å². The Kier molecular flexibility index (Phi) is 7.25. The second kappa shape index (κ2) is 8.69. The Morgan fingerprint density at radius 2 is 2.04 bits per heavy atom. The molecule has 0 bridgehead atoms. The lowest BCUT2D eigenvalue weighted by Gasteiger charge is -2.09. The first-order valence-electron chi connectivity index (χ1n) is 7.37. The van der Waals surface area contributed by atoms with Gasteiger partial charge in [0, 0.05) is 12.6 Å². The van der Waals surface area contributed by atoms with Gasteiger partial charge in [-0.3, -0.25) is 4.79 Å². The zero-order chi connectivity index (χ0) is 17.5. The number of hydrogen-bond acceptors (Lipinski definition) is 4. The first-order valence-corrected chi connectivity index (χ1v) is 8.86. The van der Waals surface area contributed by atoms with Crippen molar-refractivity contribution in [2.24, 2.45) is 5.92 Å². The van der Waals surface area contributed by atoms with Crippen LogP contribution in [0.3, 0.4) is 0 Å². The SMILES string of the molecule is CNS(=O)(=O)c1cc(/C=C/C(=O)NCCC(C)C)ccc1OC. The first-order chi connectivity index (χ1) is 10.8. The highest BCUT2D eigenvalue weighted by Crippen LogP contribution is 2.25. The fraction of sp³-hybridized carbons (Fsp3) is 0.438. The molecular formula is C16H24N2O4S. The predicted molar refractivity (Wildman–Crippen MR) is 90.7 cm³/mol. The van der Waals surface area contributed by atoms with Crippen LogP contribution in [-0.4, -0.2) is 35.0 Å². The monoisotopic (exact) mass is 340 g/mol. The first kappa shape index (κ1) is 19.2. The van der Waals surface area contributed by atoms with Gasteiger partial charge in [-0.1, -0.05) is 19.9 Å². The molecule has 0 aliphatic carbocycles. The summed E-state index contributed by atoms with van der Waals surface area (Å²) < 4.78 is 31.3. The normalized spacial score (nSPS) is 11.9. The predicted octanol–water partition coefficient (Wildman–Crippen LogP) is 1.78. The highest BCUT2D eigenvalue weighted by Gasteiger charge is 2.17. The standard InChI is InChI=1S/C16H24N2O4S/c1-12(2)9-10-18-16(19)8-6-13-5-7-14(22-4)15(11-13)23(20,21)17-3/h5-8,11-12,17H,9-10H2,1-4H3,(H,18,19)/b8-6+. The van der Waals surface area contributed by atoms with Crippen molar-refractivity contribution in [3.05, 3.63) is 29.8 Å². The Labute approximate surface area is 138 Å². The van der Waals surface area contributed by atoms with E-state index in [0.29, 0.717) is 18.0 Å². The summed E-state index contributed by atoms with van der Waals surface area (Å²) >= 11 is 0. The fourth-order valence-electron chi connectivity index (χ4n) is 1.83. The van der Waals surface area contributed by atoms with E-state index in [1.807, 2.05) is 0 Å². The zero-order valence-electron chi connectivity index (χ0n) is 13.9. The van der Waals surface area contributed by atoms with Crippen molar-refractivity contribution in [3.8, 4) is 5.75 Å². The number of sulfonamides is 1. The number of carbonyl (C=O) groups is 1. The van der Waals surface area contributed by atoms with Gasteiger partial charge in [0.05, 0.1) is 7.11 Å². The molecule has 0 aliphatic rings. The lowest BCUT2D eigenvalue weighted by molar-refractivity contribution is -0.116. The summed E-state index contributed by atoms with van der Waals surface area (Å²) in [6, 6.07) is 4.70. The maximum Gasteiger partial charge on any atom is 0.244 e. The van der Waals surface area contributed by atoms with Crippen molar-refractivity contribution in [1.82, 2.24) is 10.0 Å². The van der Waals surface area contributed by atoms with Gasteiger partial charge >= 0.3 is 0 Å². The molecule has 0 fully saturated rings. The van der Waals surface area contributed by atoms with Gasteiger partial charge in [0.25, 0.3) is 0 Å². The van der Waals surface area contributed by atoms with Crippen LogP contribution in [0.2, 0.25) is 0 Å². The Hall–Kier alpha value is -1.86. The molecule has 2 N–H and O–H groups in total. The van der Waals surface area contributed by atoms with Crippen molar-refractivity contribution in [2.45, 2.75) is 25.2 Å². The van der Waals surface area contributed by atoms with Crippen molar-refractivity contribution in [1.29, 1.82) is 0 Å². The van der Waals surface area contributed by atoms with Gasteiger partial charge in [0.2, 0.25) is 15.9 Å². The summed E-state index contributed by atoms with van der Waals surface area (Å²) in [6.45, 7) is 4.79. The maximum absolute atomic E-state index is 12.0. The Morgan fingerprint density at radius 1 is 1.35 bits per heavy atom. The minimum atomic E-state index is -3.64. The smallest absolute Gasteiger partial charge is 0.244 e. The zero-order valence-corrected chi connectivity index (χ0v) is 14.7. The second-order valence-corrected chi connectivity index (χ2v) is 7.28. The topological polar surface area (TPSA) is 84.5 Å². The molecule has 1 aromatic rings. The molecule has 0 saturated heterocycles. The van der Waals surface area contributed by atoms with Crippen LogP contribution >= 0.6 is 0 Å². The molecule has 0 heterocycles. The van der Waals surface area contributed by atoms with Gasteiger partial charge in [0.15, 0.2) is 0 Å². The maximum atomic E-state index is 12.0. The van der Waals surface area contributed by atoms with E-state index < -0.39 is 10.0 Å². The molecule has 0 atom stereocenters. The number of carbonyl (C=O) groups excluding carboxylic acids is 1. The van der Waals surface area contributed by atoms with Crippen LogP contribution in [0.1, 0.15) is 25.8 Å². The van der Waals surface area contributed by atoms with E-state index in [1.165, 1.54) is 26.3 Å². The van der Waals surface area contributed by atoms with Gasteiger partial charge in [-0.2, -0.15) is 0 Å². The molecule has 1 aromatic carbocycles. The van der Waals surface area contributed by atoms with Gasteiger partial charge in [-0.25, -0.2) is 13.1 Å². The molecule has 0 saturated carbocycles. The largest absolute Gasteiger partial charge is 0.495 e. The summed E-state index contributed by atoms with van der Waals surface area (Å²) in [4.78, 5) is 11.7. The van der Waals surface area contributed by atoms with E-state index in [-0.39, 0.29) is 16.6 Å². The van der Waals surface area contributed by atoms with E-state index >= 15 is 0 Å². The van der Waals surface area contributed by atoms with Crippen LogP contribution in [0.4, 0.5) is 0 Å². The average molecular weight is 340 g/mol.